The van der Waals surface area contributed by atoms with Crippen LogP contribution in [-0.4, -0.2) is 34.7 Å². The number of phenolic OH excluding ortho intramolecular Hbond substituents is 1. The van der Waals surface area contributed by atoms with Crippen molar-refractivity contribution in [2.75, 3.05) is 6.61 Å². The van der Waals surface area contributed by atoms with Crippen molar-refractivity contribution in [3.63, 3.8) is 0 Å². The Balaban J connectivity index is 2.16. The highest BCUT2D eigenvalue weighted by atomic mass is 16.6. The molecule has 1 aliphatic heterocycles. The van der Waals surface area contributed by atoms with Gasteiger partial charge in [-0.2, -0.15) is 0 Å². The summed E-state index contributed by atoms with van der Waals surface area (Å²) in [5.41, 5.74) is -0.575. The van der Waals surface area contributed by atoms with Crippen LogP contribution in [0.2, 0.25) is 0 Å². The van der Waals surface area contributed by atoms with Crippen molar-refractivity contribution in [3.05, 3.63) is 33.9 Å². The third kappa shape index (κ3) is 3.30. The van der Waals surface area contributed by atoms with Gasteiger partial charge in [-0.15, -0.1) is 0 Å². The van der Waals surface area contributed by atoms with Gasteiger partial charge in [0.05, 0.1) is 22.6 Å². The second-order valence-corrected chi connectivity index (χ2v) is 4.97. The van der Waals surface area contributed by atoms with Gasteiger partial charge in [0.15, 0.2) is 0 Å². The Morgan fingerprint density at radius 3 is 2.95 bits per heavy atom. The summed E-state index contributed by atoms with van der Waals surface area (Å²) in [6.45, 7) is 2.61. The molecule has 0 aliphatic carbocycles. The third-order valence-electron chi connectivity index (χ3n) is 3.63. The van der Waals surface area contributed by atoms with Gasteiger partial charge in [-0.25, -0.2) is 0 Å². The van der Waals surface area contributed by atoms with Crippen molar-refractivity contribution in [2.45, 2.75) is 38.3 Å². The molecule has 21 heavy (non-hydrogen) atoms. The van der Waals surface area contributed by atoms with Crippen molar-refractivity contribution >= 4 is 11.6 Å². The van der Waals surface area contributed by atoms with Crippen LogP contribution in [0, 0.1) is 10.1 Å². The number of phenols is 1. The number of carbonyl (C=O) groups excluding carboxylic acids is 1. The van der Waals surface area contributed by atoms with E-state index in [2.05, 4.69) is 5.32 Å². The van der Waals surface area contributed by atoms with Crippen molar-refractivity contribution in [1.82, 2.24) is 5.32 Å². The van der Waals surface area contributed by atoms with E-state index in [9.17, 15) is 20.0 Å². The summed E-state index contributed by atoms with van der Waals surface area (Å²) >= 11 is 0. The predicted octanol–water partition coefficient (Wildman–Crippen LogP) is 1.99. The van der Waals surface area contributed by atoms with Gasteiger partial charge in [-0.05, 0) is 25.3 Å². The highest BCUT2D eigenvalue weighted by Gasteiger charge is 2.28. The maximum absolute atomic E-state index is 12.2. The Hall–Kier alpha value is -2.15. The zero-order chi connectivity index (χ0) is 15.4. The summed E-state index contributed by atoms with van der Waals surface area (Å²) in [5, 5.41) is 23.4. The molecule has 1 aromatic rings. The summed E-state index contributed by atoms with van der Waals surface area (Å²) in [7, 11) is 0. The van der Waals surface area contributed by atoms with Gasteiger partial charge in [0, 0.05) is 12.7 Å². The molecule has 0 saturated carbocycles. The Labute approximate surface area is 122 Å². The minimum Gasteiger partial charge on any atom is -0.502 e. The SMILES string of the molecule is CC[C@@H](NC(=O)c1cccc([N+](=O)[O-])c1O)[C@@H]1CCCO1. The van der Waals surface area contributed by atoms with E-state index in [0.717, 1.165) is 18.9 Å². The second-order valence-electron chi connectivity index (χ2n) is 4.97. The molecule has 0 unspecified atom stereocenters. The highest BCUT2D eigenvalue weighted by molar-refractivity contribution is 5.98. The van der Waals surface area contributed by atoms with Gasteiger partial charge in [0.2, 0.25) is 5.75 Å². The van der Waals surface area contributed by atoms with Gasteiger partial charge < -0.3 is 15.2 Å². The lowest BCUT2D eigenvalue weighted by Gasteiger charge is -2.23. The van der Waals surface area contributed by atoms with E-state index in [0.29, 0.717) is 13.0 Å². The summed E-state index contributed by atoms with van der Waals surface area (Å²) in [4.78, 5) is 22.3. The molecule has 7 heteroatoms. The molecule has 0 spiro atoms. The molecule has 1 aliphatic rings. The minimum absolute atomic E-state index is 0.0419. The van der Waals surface area contributed by atoms with Crippen molar-refractivity contribution in [2.24, 2.45) is 0 Å². The van der Waals surface area contributed by atoms with Gasteiger partial charge in [-0.1, -0.05) is 13.0 Å². The number of nitro groups is 1. The average molecular weight is 294 g/mol. The fourth-order valence-corrected chi connectivity index (χ4v) is 2.49. The van der Waals surface area contributed by atoms with E-state index in [4.69, 9.17) is 4.74 Å². The molecule has 1 amide bonds. The monoisotopic (exact) mass is 294 g/mol. The van der Waals surface area contributed by atoms with E-state index < -0.39 is 22.3 Å². The number of hydrogen-bond donors (Lipinski definition) is 2. The number of carbonyl (C=O) groups is 1. The minimum atomic E-state index is -0.719. The van der Waals surface area contributed by atoms with Crippen LogP contribution in [0.1, 0.15) is 36.5 Å². The number of nitrogens with zero attached hydrogens (tertiary/aromatic N) is 1. The van der Waals surface area contributed by atoms with Crippen LogP contribution in [-0.2, 0) is 4.74 Å². The summed E-state index contributed by atoms with van der Waals surface area (Å²) < 4.78 is 5.55. The molecule has 0 bridgehead atoms. The molecule has 1 aromatic carbocycles. The summed E-state index contributed by atoms with van der Waals surface area (Å²) in [6, 6.07) is 3.72. The maximum atomic E-state index is 12.2. The normalized spacial score (nSPS) is 19.2. The first kappa shape index (κ1) is 15.2. The predicted molar refractivity (Wildman–Crippen MR) is 75.3 cm³/mol. The first-order chi connectivity index (χ1) is 10.0. The van der Waals surface area contributed by atoms with Gasteiger partial charge in [0.25, 0.3) is 5.91 Å². The van der Waals surface area contributed by atoms with E-state index in [1.165, 1.54) is 12.1 Å². The Kier molecular flexibility index (Phi) is 4.74. The number of nitrogens with one attached hydrogen (secondary N) is 1. The lowest BCUT2D eigenvalue weighted by atomic mass is 10.0. The molecule has 2 rings (SSSR count). The fraction of sp³-hybridized carbons (Fsp3) is 0.500. The second kappa shape index (κ2) is 6.53. The molecule has 7 nitrogen and oxygen atoms in total. The van der Waals surface area contributed by atoms with E-state index in [1.807, 2.05) is 6.92 Å². The first-order valence-electron chi connectivity index (χ1n) is 6.93. The van der Waals surface area contributed by atoms with Crippen molar-refractivity contribution in [3.8, 4) is 5.75 Å². The fourth-order valence-electron chi connectivity index (χ4n) is 2.49. The first-order valence-corrected chi connectivity index (χ1v) is 6.93. The molecule has 1 heterocycles. The zero-order valence-electron chi connectivity index (χ0n) is 11.7. The van der Waals surface area contributed by atoms with Crippen LogP contribution in [0.25, 0.3) is 0 Å². The van der Waals surface area contributed by atoms with Crippen LogP contribution in [0.3, 0.4) is 0 Å². The van der Waals surface area contributed by atoms with Gasteiger partial charge >= 0.3 is 5.69 Å². The van der Waals surface area contributed by atoms with E-state index in [1.54, 1.807) is 0 Å². The number of para-hydroxylation sites is 1. The molecule has 1 fully saturated rings. The van der Waals surface area contributed by atoms with Crippen LogP contribution in [0.15, 0.2) is 18.2 Å². The average Bonchev–Trinajstić information content (AvgIpc) is 2.98. The highest BCUT2D eigenvalue weighted by Crippen LogP contribution is 2.29. The smallest absolute Gasteiger partial charge is 0.311 e. The number of aromatic hydroxyl groups is 1. The lowest BCUT2D eigenvalue weighted by Crippen LogP contribution is -2.42. The largest absolute Gasteiger partial charge is 0.502 e. The number of rotatable bonds is 5. The molecule has 2 N–H and O–H groups in total. The number of hydrogen-bond acceptors (Lipinski definition) is 5. The molecular weight excluding hydrogens is 276 g/mol. The van der Waals surface area contributed by atoms with Gasteiger partial charge in [0.1, 0.15) is 0 Å². The van der Waals surface area contributed by atoms with Crippen LogP contribution >= 0.6 is 0 Å². The molecule has 0 aromatic heterocycles. The van der Waals surface area contributed by atoms with E-state index in [-0.39, 0.29) is 17.7 Å². The Morgan fingerprint density at radius 1 is 1.62 bits per heavy atom. The number of amides is 1. The van der Waals surface area contributed by atoms with Crippen LogP contribution in [0.4, 0.5) is 5.69 Å². The third-order valence-corrected chi connectivity index (χ3v) is 3.63. The zero-order valence-corrected chi connectivity index (χ0v) is 11.7. The van der Waals surface area contributed by atoms with Crippen molar-refractivity contribution < 1.29 is 19.6 Å². The van der Waals surface area contributed by atoms with Crippen LogP contribution < -0.4 is 5.32 Å². The van der Waals surface area contributed by atoms with E-state index >= 15 is 0 Å². The molecular formula is C14H18N2O5. The molecule has 1 saturated heterocycles. The van der Waals surface area contributed by atoms with Gasteiger partial charge in [-0.3, -0.25) is 14.9 Å². The molecule has 0 radical (unpaired) electrons. The maximum Gasteiger partial charge on any atom is 0.311 e. The summed E-state index contributed by atoms with van der Waals surface area (Å²) in [6.07, 6.45) is 2.48. The lowest BCUT2D eigenvalue weighted by molar-refractivity contribution is -0.385. The standard InChI is InChI=1S/C14H18N2O5/c1-2-10(12-7-4-8-21-12)15-14(18)9-5-3-6-11(13(9)17)16(19)20/h3,5-6,10,12,17H,2,4,7-8H2,1H3,(H,15,18)/t10-,12+/m1/s1. The quantitative estimate of drug-likeness (QED) is 0.638. The summed E-state index contributed by atoms with van der Waals surface area (Å²) in [5.74, 6) is -1.14. The van der Waals surface area contributed by atoms with Crippen molar-refractivity contribution in [1.29, 1.82) is 0 Å². The number of benzene rings is 1. The topological polar surface area (TPSA) is 102 Å². The van der Waals surface area contributed by atoms with Crippen LogP contribution in [0.5, 0.6) is 5.75 Å². The molecule has 2 atom stereocenters. The number of nitro benzene ring substituents is 1. The Morgan fingerprint density at radius 2 is 2.38 bits per heavy atom. The number of ether oxygens (including phenoxy) is 1. The molecule has 114 valence electrons. The Bertz CT molecular complexity index is 540.